The number of anilines is 1. The van der Waals surface area contributed by atoms with Gasteiger partial charge in [0.05, 0.1) is 17.0 Å². The van der Waals surface area contributed by atoms with Crippen molar-refractivity contribution in [1.82, 2.24) is 15.3 Å². The fourth-order valence-electron chi connectivity index (χ4n) is 2.53. The maximum absolute atomic E-state index is 14.4. The number of nitrogens with zero attached hydrogens (tertiary/aromatic N) is 2. The number of H-pyrrole nitrogens is 1. The van der Waals surface area contributed by atoms with E-state index >= 15 is 0 Å². The van der Waals surface area contributed by atoms with Crippen LogP contribution in [0.4, 0.5) is 14.5 Å². The van der Waals surface area contributed by atoms with Crippen LogP contribution in [-0.4, -0.2) is 29.0 Å². The summed E-state index contributed by atoms with van der Waals surface area (Å²) in [6.07, 6.45) is 2.99. The standard InChI is InChI=1S/C16H12ClF2N5O/c17-9-7-23-15-13(9)12(1-2-20-15)25-14-10(18)5-8(6-11(14)19)24-16-21-3-4-22-16/h1-2,5-7H,3-4H2,(H,20,23)(H2,21,22,24). The molecule has 0 fully saturated rings. The zero-order valence-corrected chi connectivity index (χ0v) is 13.5. The third-order valence-corrected chi connectivity index (χ3v) is 3.93. The molecule has 3 aromatic rings. The lowest BCUT2D eigenvalue weighted by atomic mass is 10.2. The molecule has 0 spiro atoms. The van der Waals surface area contributed by atoms with Crippen LogP contribution in [0, 0.1) is 11.6 Å². The maximum atomic E-state index is 14.4. The second kappa shape index (κ2) is 6.21. The Bertz CT molecular complexity index is 965. The summed E-state index contributed by atoms with van der Waals surface area (Å²) in [5.74, 6) is -1.54. The smallest absolute Gasteiger partial charge is 0.198 e. The van der Waals surface area contributed by atoms with E-state index in [9.17, 15) is 8.78 Å². The Morgan fingerprint density at radius 2 is 2.04 bits per heavy atom. The topological polar surface area (TPSA) is 74.3 Å². The first-order valence-corrected chi connectivity index (χ1v) is 7.83. The van der Waals surface area contributed by atoms with Crippen molar-refractivity contribution in [3.63, 3.8) is 0 Å². The molecule has 3 N–H and O–H groups in total. The lowest BCUT2D eigenvalue weighted by Gasteiger charge is -2.12. The first-order chi connectivity index (χ1) is 12.1. The number of nitrogens with one attached hydrogen (secondary N) is 3. The number of aromatic nitrogens is 2. The molecular formula is C16H12ClF2N5O. The van der Waals surface area contributed by atoms with Crippen LogP contribution in [0.15, 0.2) is 35.6 Å². The molecule has 0 bridgehead atoms. The van der Waals surface area contributed by atoms with Crippen molar-refractivity contribution in [3.8, 4) is 11.5 Å². The van der Waals surface area contributed by atoms with E-state index in [1.54, 1.807) is 0 Å². The van der Waals surface area contributed by atoms with Crippen LogP contribution < -0.4 is 15.4 Å². The van der Waals surface area contributed by atoms with Crippen molar-refractivity contribution >= 4 is 34.3 Å². The van der Waals surface area contributed by atoms with Crippen LogP contribution in [0.25, 0.3) is 11.0 Å². The van der Waals surface area contributed by atoms with Crippen LogP contribution in [0.1, 0.15) is 0 Å². The summed E-state index contributed by atoms with van der Waals surface area (Å²) in [4.78, 5) is 11.0. The Balaban J connectivity index is 1.67. The first kappa shape index (κ1) is 15.6. The Morgan fingerprint density at radius 1 is 1.24 bits per heavy atom. The average Bonchev–Trinajstić information content (AvgIpc) is 3.22. The van der Waals surface area contributed by atoms with Gasteiger partial charge in [0.1, 0.15) is 11.4 Å². The maximum Gasteiger partial charge on any atom is 0.198 e. The zero-order valence-electron chi connectivity index (χ0n) is 12.7. The highest BCUT2D eigenvalue weighted by molar-refractivity contribution is 6.36. The van der Waals surface area contributed by atoms with Gasteiger partial charge in [-0.15, -0.1) is 0 Å². The van der Waals surface area contributed by atoms with Crippen molar-refractivity contribution in [2.75, 3.05) is 18.4 Å². The summed E-state index contributed by atoms with van der Waals surface area (Å²) in [5, 5.41) is 6.58. The predicted octanol–water partition coefficient (Wildman–Crippen LogP) is 3.66. The fourth-order valence-corrected chi connectivity index (χ4v) is 2.77. The van der Waals surface area contributed by atoms with Crippen LogP contribution >= 0.6 is 11.6 Å². The minimum Gasteiger partial charge on any atom is -0.450 e. The SMILES string of the molecule is Fc1cc(NC2=NCCN2)cc(F)c1Oc1ccnc2[nH]cc(Cl)c12. The molecule has 1 aliphatic heterocycles. The largest absolute Gasteiger partial charge is 0.450 e. The summed E-state index contributed by atoms with van der Waals surface area (Å²) >= 11 is 6.08. The second-order valence-electron chi connectivity index (χ2n) is 5.32. The van der Waals surface area contributed by atoms with E-state index in [1.807, 2.05) is 0 Å². The number of hydrogen-bond donors (Lipinski definition) is 3. The van der Waals surface area contributed by atoms with Crippen molar-refractivity contribution < 1.29 is 13.5 Å². The summed E-state index contributed by atoms with van der Waals surface area (Å²) in [5.41, 5.74) is 0.696. The lowest BCUT2D eigenvalue weighted by molar-refractivity contribution is 0.411. The van der Waals surface area contributed by atoms with E-state index in [1.165, 1.54) is 18.5 Å². The summed E-state index contributed by atoms with van der Waals surface area (Å²) in [6.45, 7) is 1.30. The van der Waals surface area contributed by atoms with Crippen molar-refractivity contribution in [1.29, 1.82) is 0 Å². The third-order valence-electron chi connectivity index (χ3n) is 3.63. The highest BCUT2D eigenvalue weighted by Gasteiger charge is 2.18. The van der Waals surface area contributed by atoms with Gasteiger partial charge in [0.15, 0.2) is 23.3 Å². The van der Waals surface area contributed by atoms with Crippen LogP contribution in [-0.2, 0) is 0 Å². The lowest BCUT2D eigenvalue weighted by Crippen LogP contribution is -2.26. The number of benzene rings is 1. The van der Waals surface area contributed by atoms with Gasteiger partial charge in [0, 0.05) is 36.8 Å². The zero-order chi connectivity index (χ0) is 17.4. The second-order valence-corrected chi connectivity index (χ2v) is 5.73. The Kier molecular flexibility index (Phi) is 3.89. The number of rotatable bonds is 3. The molecule has 4 rings (SSSR count). The van der Waals surface area contributed by atoms with Gasteiger partial charge in [-0.05, 0) is 6.07 Å². The molecule has 0 aliphatic carbocycles. The monoisotopic (exact) mass is 363 g/mol. The number of ether oxygens (including phenoxy) is 1. The van der Waals surface area contributed by atoms with E-state index in [0.29, 0.717) is 35.1 Å². The number of halogens is 3. The average molecular weight is 364 g/mol. The van der Waals surface area contributed by atoms with Gasteiger partial charge >= 0.3 is 0 Å². The van der Waals surface area contributed by atoms with Crippen molar-refractivity contribution in [2.45, 2.75) is 0 Å². The van der Waals surface area contributed by atoms with Gasteiger partial charge in [0.25, 0.3) is 0 Å². The summed E-state index contributed by atoms with van der Waals surface area (Å²) in [7, 11) is 0. The molecule has 0 amide bonds. The molecule has 0 radical (unpaired) electrons. The molecule has 2 aromatic heterocycles. The normalized spacial score (nSPS) is 13.6. The molecule has 0 unspecified atom stereocenters. The fraction of sp³-hybridized carbons (Fsp3) is 0.125. The van der Waals surface area contributed by atoms with Crippen LogP contribution in [0.2, 0.25) is 5.02 Å². The van der Waals surface area contributed by atoms with Gasteiger partial charge in [-0.2, -0.15) is 0 Å². The Morgan fingerprint density at radius 3 is 2.76 bits per heavy atom. The molecule has 128 valence electrons. The van der Waals surface area contributed by atoms with Gasteiger partial charge in [0.2, 0.25) is 0 Å². The highest BCUT2D eigenvalue weighted by Crippen LogP contribution is 2.36. The number of aromatic amines is 1. The third kappa shape index (κ3) is 2.96. The van der Waals surface area contributed by atoms with Crippen molar-refractivity contribution in [3.05, 3.63) is 47.2 Å². The Hall–Kier alpha value is -2.87. The molecule has 1 aromatic carbocycles. The first-order valence-electron chi connectivity index (χ1n) is 7.45. The van der Waals surface area contributed by atoms with Gasteiger partial charge in [-0.1, -0.05) is 11.6 Å². The number of pyridine rings is 1. The van der Waals surface area contributed by atoms with Gasteiger partial charge < -0.3 is 20.4 Å². The molecular weight excluding hydrogens is 352 g/mol. The molecule has 1 aliphatic rings. The number of hydrogen-bond acceptors (Lipinski definition) is 5. The number of aliphatic imine (C=N–C) groups is 1. The number of fused-ring (bicyclic) bond motifs is 1. The minimum atomic E-state index is -0.849. The molecule has 0 saturated carbocycles. The van der Waals surface area contributed by atoms with Gasteiger partial charge in [-0.3, -0.25) is 4.99 Å². The molecule has 25 heavy (non-hydrogen) atoms. The van der Waals surface area contributed by atoms with Crippen LogP contribution in [0.5, 0.6) is 11.5 Å². The quantitative estimate of drug-likeness (QED) is 0.664. The van der Waals surface area contributed by atoms with E-state index in [-0.39, 0.29) is 11.4 Å². The van der Waals surface area contributed by atoms with E-state index in [4.69, 9.17) is 16.3 Å². The number of guanidine groups is 1. The minimum absolute atomic E-state index is 0.205. The molecule has 0 atom stereocenters. The summed E-state index contributed by atoms with van der Waals surface area (Å²) < 4.78 is 34.2. The molecule has 3 heterocycles. The molecule has 0 saturated heterocycles. The van der Waals surface area contributed by atoms with Gasteiger partial charge in [-0.25, -0.2) is 13.8 Å². The predicted molar refractivity (Wildman–Crippen MR) is 91.5 cm³/mol. The van der Waals surface area contributed by atoms with E-state index in [0.717, 1.165) is 12.1 Å². The Labute approximate surface area is 145 Å². The van der Waals surface area contributed by atoms with Crippen LogP contribution in [0.3, 0.4) is 0 Å². The highest BCUT2D eigenvalue weighted by atomic mass is 35.5. The molecule has 9 heteroatoms. The summed E-state index contributed by atoms with van der Waals surface area (Å²) in [6, 6.07) is 3.76. The van der Waals surface area contributed by atoms with Crippen molar-refractivity contribution in [2.24, 2.45) is 4.99 Å². The van der Waals surface area contributed by atoms with E-state index < -0.39 is 17.4 Å². The molecule has 6 nitrogen and oxygen atoms in total. The van der Waals surface area contributed by atoms with E-state index in [2.05, 4.69) is 25.6 Å².